The zero-order valence-corrected chi connectivity index (χ0v) is 8.51. The van der Waals surface area contributed by atoms with Gasteiger partial charge in [0.15, 0.2) is 0 Å². The van der Waals surface area contributed by atoms with E-state index in [-0.39, 0.29) is 17.5 Å². The second kappa shape index (κ2) is 3.00. The normalized spacial score (nSPS) is 45.2. The van der Waals surface area contributed by atoms with Gasteiger partial charge in [0.1, 0.15) is 5.60 Å². The molecule has 0 aromatic rings. The lowest BCUT2D eigenvalue weighted by molar-refractivity contribution is -0.156. The molecule has 2 fully saturated rings. The highest BCUT2D eigenvalue weighted by Crippen LogP contribution is 2.45. The van der Waals surface area contributed by atoms with Crippen LogP contribution in [-0.4, -0.2) is 11.6 Å². The van der Waals surface area contributed by atoms with Crippen molar-refractivity contribution in [2.45, 2.75) is 51.6 Å². The van der Waals surface area contributed by atoms with Gasteiger partial charge in [0.2, 0.25) is 0 Å². The van der Waals surface area contributed by atoms with Gasteiger partial charge in [-0.25, -0.2) is 0 Å². The van der Waals surface area contributed by atoms with Gasteiger partial charge in [-0.3, -0.25) is 4.79 Å². The van der Waals surface area contributed by atoms with Gasteiger partial charge in [0, 0.05) is 6.42 Å². The van der Waals surface area contributed by atoms with Gasteiger partial charge >= 0.3 is 5.97 Å². The Bertz CT molecular complexity index is 224. The number of hydrogen-bond acceptors (Lipinski definition) is 2. The summed E-state index contributed by atoms with van der Waals surface area (Å²) in [5.74, 6) is 0.712. The third kappa shape index (κ3) is 1.36. The minimum atomic E-state index is -0.0747. The number of ether oxygens (including phenoxy) is 1. The quantitative estimate of drug-likeness (QED) is 0.538. The van der Waals surface area contributed by atoms with Crippen LogP contribution in [-0.2, 0) is 9.53 Å². The Kier molecular flexibility index (Phi) is 2.09. The molecule has 0 amide bonds. The fraction of sp³-hybridized carbons (Fsp3) is 0.909. The summed E-state index contributed by atoms with van der Waals surface area (Å²) in [6.07, 6.45) is 5.79. The van der Waals surface area contributed by atoms with E-state index in [4.69, 9.17) is 4.74 Å². The largest absolute Gasteiger partial charge is 0.459 e. The number of rotatable bonds is 0. The van der Waals surface area contributed by atoms with Crippen LogP contribution in [0.5, 0.6) is 0 Å². The van der Waals surface area contributed by atoms with Gasteiger partial charge < -0.3 is 4.74 Å². The molecular weight excluding hydrogens is 164 g/mol. The summed E-state index contributed by atoms with van der Waals surface area (Å²) in [4.78, 5) is 11.4. The lowest BCUT2D eigenvalue weighted by atomic mass is 9.73. The van der Waals surface area contributed by atoms with Gasteiger partial charge in [0.25, 0.3) is 0 Å². The fourth-order valence-electron chi connectivity index (χ4n) is 2.78. The summed E-state index contributed by atoms with van der Waals surface area (Å²) in [5, 5.41) is 0. The molecule has 1 heterocycles. The second-order valence-corrected chi connectivity index (χ2v) is 4.74. The predicted octanol–water partition coefficient (Wildman–Crippen LogP) is 2.52. The van der Waals surface area contributed by atoms with Gasteiger partial charge in [-0.05, 0) is 25.2 Å². The van der Waals surface area contributed by atoms with Crippen LogP contribution >= 0.6 is 0 Å². The van der Waals surface area contributed by atoms with Gasteiger partial charge in [0.05, 0.1) is 5.92 Å². The highest BCUT2D eigenvalue weighted by molar-refractivity contribution is 5.75. The minimum Gasteiger partial charge on any atom is -0.459 e. The van der Waals surface area contributed by atoms with E-state index in [1.807, 2.05) is 6.92 Å². The van der Waals surface area contributed by atoms with E-state index in [1.54, 1.807) is 0 Å². The van der Waals surface area contributed by atoms with Crippen molar-refractivity contribution in [1.29, 1.82) is 0 Å². The van der Waals surface area contributed by atoms with Crippen LogP contribution in [0.15, 0.2) is 0 Å². The van der Waals surface area contributed by atoms with E-state index >= 15 is 0 Å². The summed E-state index contributed by atoms with van der Waals surface area (Å²) < 4.78 is 5.58. The standard InChI is InChI=1S/C11H18O2/c1-8-7-11(13-10(8)12)6-4-3-5-9(11)2/h8-9H,3-7H2,1-2H3. The molecule has 3 unspecified atom stereocenters. The van der Waals surface area contributed by atoms with Crippen molar-refractivity contribution in [1.82, 2.24) is 0 Å². The minimum absolute atomic E-state index is 0.0220. The van der Waals surface area contributed by atoms with Crippen LogP contribution in [0.2, 0.25) is 0 Å². The monoisotopic (exact) mass is 182 g/mol. The molecule has 1 aliphatic carbocycles. The molecule has 74 valence electrons. The van der Waals surface area contributed by atoms with E-state index in [0.717, 1.165) is 12.8 Å². The zero-order chi connectivity index (χ0) is 9.47. The van der Waals surface area contributed by atoms with E-state index in [0.29, 0.717) is 5.92 Å². The van der Waals surface area contributed by atoms with E-state index < -0.39 is 0 Å². The molecule has 1 spiro atoms. The molecular formula is C11H18O2. The first-order valence-corrected chi connectivity index (χ1v) is 5.37. The van der Waals surface area contributed by atoms with Crippen molar-refractivity contribution in [2.24, 2.45) is 11.8 Å². The van der Waals surface area contributed by atoms with Gasteiger partial charge in [-0.1, -0.05) is 20.3 Å². The Labute approximate surface area is 79.7 Å². The second-order valence-electron chi connectivity index (χ2n) is 4.74. The van der Waals surface area contributed by atoms with Crippen LogP contribution in [0.3, 0.4) is 0 Å². The lowest BCUT2D eigenvalue weighted by Crippen LogP contribution is -2.38. The number of hydrogen-bond donors (Lipinski definition) is 0. The first-order valence-electron chi connectivity index (χ1n) is 5.37. The maximum Gasteiger partial charge on any atom is 0.309 e. The highest BCUT2D eigenvalue weighted by Gasteiger charge is 2.49. The summed E-state index contributed by atoms with van der Waals surface area (Å²) in [6.45, 7) is 4.21. The number of carbonyl (C=O) groups is 1. The average Bonchev–Trinajstić information content (AvgIpc) is 2.36. The molecule has 0 aromatic heterocycles. The molecule has 1 aliphatic heterocycles. The van der Waals surface area contributed by atoms with Crippen molar-refractivity contribution in [2.75, 3.05) is 0 Å². The van der Waals surface area contributed by atoms with E-state index in [1.165, 1.54) is 19.3 Å². The van der Waals surface area contributed by atoms with Gasteiger partial charge in [-0.15, -0.1) is 0 Å². The van der Waals surface area contributed by atoms with Crippen molar-refractivity contribution < 1.29 is 9.53 Å². The Hall–Kier alpha value is -0.530. The third-order valence-corrected chi connectivity index (χ3v) is 3.74. The first-order chi connectivity index (χ1) is 6.14. The van der Waals surface area contributed by atoms with Crippen LogP contribution < -0.4 is 0 Å². The molecule has 0 aromatic carbocycles. The molecule has 3 atom stereocenters. The van der Waals surface area contributed by atoms with Crippen molar-refractivity contribution in [3.05, 3.63) is 0 Å². The lowest BCUT2D eigenvalue weighted by Gasteiger charge is -2.37. The van der Waals surface area contributed by atoms with Crippen LogP contribution in [0.1, 0.15) is 46.0 Å². The first kappa shape index (κ1) is 9.04. The Balaban J connectivity index is 2.15. The molecule has 0 N–H and O–H groups in total. The van der Waals surface area contributed by atoms with E-state index in [9.17, 15) is 4.79 Å². The molecule has 13 heavy (non-hydrogen) atoms. The smallest absolute Gasteiger partial charge is 0.309 e. The molecule has 1 saturated heterocycles. The van der Waals surface area contributed by atoms with Crippen LogP contribution in [0, 0.1) is 11.8 Å². The van der Waals surface area contributed by atoms with Crippen molar-refractivity contribution in [3.63, 3.8) is 0 Å². The summed E-state index contributed by atoms with van der Waals surface area (Å²) in [5.41, 5.74) is -0.0747. The van der Waals surface area contributed by atoms with Gasteiger partial charge in [-0.2, -0.15) is 0 Å². The molecule has 2 nitrogen and oxygen atoms in total. The van der Waals surface area contributed by atoms with Crippen LogP contribution in [0.4, 0.5) is 0 Å². The molecule has 2 rings (SSSR count). The third-order valence-electron chi connectivity index (χ3n) is 3.74. The molecule has 2 heteroatoms. The molecule has 1 saturated carbocycles. The predicted molar refractivity (Wildman–Crippen MR) is 50.2 cm³/mol. The number of esters is 1. The molecule has 2 aliphatic rings. The maximum absolute atomic E-state index is 11.4. The SMILES string of the molecule is CC1CC2(CCCCC2C)OC1=O. The van der Waals surface area contributed by atoms with Crippen molar-refractivity contribution >= 4 is 5.97 Å². The topological polar surface area (TPSA) is 26.3 Å². The Morgan fingerprint density at radius 2 is 2.15 bits per heavy atom. The van der Waals surface area contributed by atoms with Crippen molar-refractivity contribution in [3.8, 4) is 0 Å². The fourth-order valence-corrected chi connectivity index (χ4v) is 2.78. The van der Waals surface area contributed by atoms with Crippen LogP contribution in [0.25, 0.3) is 0 Å². The number of carbonyl (C=O) groups excluding carboxylic acids is 1. The Morgan fingerprint density at radius 1 is 1.38 bits per heavy atom. The average molecular weight is 182 g/mol. The summed E-state index contributed by atoms with van der Waals surface area (Å²) in [7, 11) is 0. The molecule has 0 bridgehead atoms. The highest BCUT2D eigenvalue weighted by atomic mass is 16.6. The Morgan fingerprint density at radius 3 is 2.69 bits per heavy atom. The zero-order valence-electron chi connectivity index (χ0n) is 8.51. The summed E-state index contributed by atoms with van der Waals surface area (Å²) in [6, 6.07) is 0. The summed E-state index contributed by atoms with van der Waals surface area (Å²) >= 11 is 0. The maximum atomic E-state index is 11.4. The van der Waals surface area contributed by atoms with E-state index in [2.05, 4.69) is 6.92 Å². The molecule has 0 radical (unpaired) electrons.